The summed E-state index contributed by atoms with van der Waals surface area (Å²) in [4.78, 5) is 24.5. The predicted molar refractivity (Wildman–Crippen MR) is 93.4 cm³/mol. The molecule has 0 saturated heterocycles. The van der Waals surface area contributed by atoms with Crippen LogP contribution in [0.3, 0.4) is 0 Å². The summed E-state index contributed by atoms with van der Waals surface area (Å²) in [6.07, 6.45) is 0. The lowest BCUT2D eigenvalue weighted by Crippen LogP contribution is -2.15. The number of anilines is 2. The molecular weight excluding hydrogens is 334 g/mol. The maximum atomic E-state index is 12.4. The highest BCUT2D eigenvalue weighted by molar-refractivity contribution is 6.34. The molecule has 0 unspecified atom stereocenters. The number of halogens is 1. The third-order valence-corrected chi connectivity index (χ3v) is 3.64. The van der Waals surface area contributed by atoms with Crippen molar-refractivity contribution in [1.29, 1.82) is 0 Å². The summed E-state index contributed by atoms with van der Waals surface area (Å²) in [6.45, 7) is 0. The summed E-state index contributed by atoms with van der Waals surface area (Å²) in [5, 5.41) is 13.9. The van der Waals surface area contributed by atoms with E-state index in [1.807, 2.05) is 0 Å². The minimum Gasteiger partial charge on any atom is -0.497 e. The van der Waals surface area contributed by atoms with Gasteiger partial charge in [0.15, 0.2) is 0 Å². The fourth-order valence-electron chi connectivity index (χ4n) is 2.11. The van der Waals surface area contributed by atoms with Crippen LogP contribution in [0.25, 0.3) is 0 Å². The number of nitrogens with zero attached hydrogens (tertiary/aromatic N) is 2. The third-order valence-electron chi connectivity index (χ3n) is 3.32. The Bertz CT molecular complexity index is 793. The van der Waals surface area contributed by atoms with Crippen molar-refractivity contribution in [3.8, 4) is 5.75 Å². The van der Waals surface area contributed by atoms with Crippen LogP contribution in [0.5, 0.6) is 5.75 Å². The van der Waals surface area contributed by atoms with Crippen LogP contribution in [-0.4, -0.2) is 32.0 Å². The molecule has 0 aromatic heterocycles. The Kier molecular flexibility index (Phi) is 5.25. The second-order valence-corrected chi connectivity index (χ2v) is 5.57. The standard InChI is InChI=1S/C16H16ClN3O4/c1-19(2)14-9-13(12(17)8-15(14)20(22)23)18-16(21)10-5-4-6-11(7-10)24-3/h4-9H,1-3H3,(H,18,21). The van der Waals surface area contributed by atoms with E-state index in [1.54, 1.807) is 43.3 Å². The molecule has 126 valence electrons. The van der Waals surface area contributed by atoms with E-state index < -0.39 is 10.8 Å². The molecule has 0 saturated carbocycles. The van der Waals surface area contributed by atoms with Crippen molar-refractivity contribution in [3.05, 3.63) is 57.1 Å². The van der Waals surface area contributed by atoms with Crippen LogP contribution < -0.4 is 15.0 Å². The Morgan fingerprint density at radius 1 is 1.29 bits per heavy atom. The fourth-order valence-corrected chi connectivity index (χ4v) is 2.32. The van der Waals surface area contributed by atoms with Gasteiger partial charge in [0.05, 0.1) is 22.7 Å². The number of hydrogen-bond acceptors (Lipinski definition) is 5. The predicted octanol–water partition coefficient (Wildman–Crippen LogP) is 3.58. The van der Waals surface area contributed by atoms with Crippen molar-refractivity contribution in [3.63, 3.8) is 0 Å². The average molecular weight is 350 g/mol. The molecule has 0 fully saturated rings. The SMILES string of the molecule is COc1cccc(C(=O)Nc2cc(N(C)C)c([N+](=O)[O-])cc2Cl)c1. The molecule has 2 aromatic carbocycles. The monoisotopic (exact) mass is 349 g/mol. The summed E-state index contributed by atoms with van der Waals surface area (Å²) >= 11 is 6.08. The summed E-state index contributed by atoms with van der Waals surface area (Å²) in [5.41, 5.74) is 0.878. The number of nitrogens with one attached hydrogen (secondary N) is 1. The highest BCUT2D eigenvalue weighted by Gasteiger charge is 2.20. The van der Waals surface area contributed by atoms with Gasteiger partial charge in [0.25, 0.3) is 11.6 Å². The molecule has 0 bridgehead atoms. The number of hydrogen-bond donors (Lipinski definition) is 1. The molecule has 1 amide bonds. The largest absolute Gasteiger partial charge is 0.497 e. The van der Waals surface area contributed by atoms with E-state index in [4.69, 9.17) is 16.3 Å². The lowest BCUT2D eigenvalue weighted by molar-refractivity contribution is -0.384. The van der Waals surface area contributed by atoms with E-state index in [-0.39, 0.29) is 10.7 Å². The van der Waals surface area contributed by atoms with Gasteiger partial charge in [0.1, 0.15) is 11.4 Å². The number of methoxy groups -OCH3 is 1. The fraction of sp³-hybridized carbons (Fsp3) is 0.188. The van der Waals surface area contributed by atoms with Crippen molar-refractivity contribution in [1.82, 2.24) is 0 Å². The number of ether oxygens (including phenoxy) is 1. The van der Waals surface area contributed by atoms with Gasteiger partial charge in [0, 0.05) is 25.7 Å². The van der Waals surface area contributed by atoms with Crippen LogP contribution in [0.1, 0.15) is 10.4 Å². The van der Waals surface area contributed by atoms with E-state index in [0.717, 1.165) is 0 Å². The molecule has 0 spiro atoms. The minimum atomic E-state index is -0.519. The molecule has 0 aliphatic carbocycles. The maximum Gasteiger partial charge on any atom is 0.294 e. The van der Waals surface area contributed by atoms with Crippen molar-refractivity contribution in [2.75, 3.05) is 31.4 Å². The van der Waals surface area contributed by atoms with E-state index in [1.165, 1.54) is 19.2 Å². The summed E-state index contributed by atoms with van der Waals surface area (Å²) in [6, 6.07) is 9.32. The van der Waals surface area contributed by atoms with Crippen LogP contribution in [0.2, 0.25) is 5.02 Å². The van der Waals surface area contributed by atoms with Crippen molar-refractivity contribution < 1.29 is 14.5 Å². The number of carbonyl (C=O) groups excluding carboxylic acids is 1. The smallest absolute Gasteiger partial charge is 0.294 e. The lowest BCUT2D eigenvalue weighted by atomic mass is 10.2. The summed E-state index contributed by atoms with van der Waals surface area (Å²) in [5.74, 6) is 0.154. The van der Waals surface area contributed by atoms with Gasteiger partial charge >= 0.3 is 0 Å². The highest BCUT2D eigenvalue weighted by Crippen LogP contribution is 2.36. The number of rotatable bonds is 5. The Hall–Kier alpha value is -2.80. The molecule has 0 atom stereocenters. The van der Waals surface area contributed by atoms with Crippen molar-refractivity contribution >= 4 is 34.6 Å². The molecule has 2 rings (SSSR count). The van der Waals surface area contributed by atoms with Crippen molar-refractivity contribution in [2.24, 2.45) is 0 Å². The molecule has 1 N–H and O–H groups in total. The van der Waals surface area contributed by atoms with Gasteiger partial charge in [-0.25, -0.2) is 0 Å². The molecule has 0 aliphatic heterocycles. The first-order valence-electron chi connectivity index (χ1n) is 6.94. The highest BCUT2D eigenvalue weighted by atomic mass is 35.5. The van der Waals surface area contributed by atoms with Gasteiger partial charge < -0.3 is 15.0 Å². The zero-order valence-corrected chi connectivity index (χ0v) is 14.1. The number of carbonyl (C=O) groups is 1. The molecule has 2 aromatic rings. The van der Waals surface area contributed by atoms with Crippen molar-refractivity contribution in [2.45, 2.75) is 0 Å². The van der Waals surface area contributed by atoms with Crippen LogP contribution in [-0.2, 0) is 0 Å². The average Bonchev–Trinajstić information content (AvgIpc) is 2.55. The van der Waals surface area contributed by atoms with Crippen LogP contribution in [0, 0.1) is 10.1 Å². The molecule has 24 heavy (non-hydrogen) atoms. The number of amides is 1. The Morgan fingerprint density at radius 3 is 2.58 bits per heavy atom. The van der Waals surface area contributed by atoms with Gasteiger partial charge in [0.2, 0.25) is 0 Å². The van der Waals surface area contributed by atoms with Crippen LogP contribution in [0.4, 0.5) is 17.1 Å². The second kappa shape index (κ2) is 7.18. The van der Waals surface area contributed by atoms with Crippen LogP contribution in [0.15, 0.2) is 36.4 Å². The topological polar surface area (TPSA) is 84.7 Å². The van der Waals surface area contributed by atoms with Gasteiger partial charge in [-0.3, -0.25) is 14.9 Å². The Morgan fingerprint density at radius 2 is 2.00 bits per heavy atom. The first-order chi connectivity index (χ1) is 11.3. The van der Waals surface area contributed by atoms with E-state index >= 15 is 0 Å². The molecule has 8 heteroatoms. The molecule has 0 aliphatic rings. The lowest BCUT2D eigenvalue weighted by Gasteiger charge is -2.16. The van der Waals surface area contributed by atoms with Gasteiger partial charge in [-0.2, -0.15) is 0 Å². The van der Waals surface area contributed by atoms with E-state index in [2.05, 4.69) is 5.32 Å². The first-order valence-corrected chi connectivity index (χ1v) is 7.32. The zero-order chi connectivity index (χ0) is 17.9. The molecular formula is C16H16ClN3O4. The molecule has 0 heterocycles. The molecule has 7 nitrogen and oxygen atoms in total. The van der Waals surface area contributed by atoms with Gasteiger partial charge in [-0.15, -0.1) is 0 Å². The zero-order valence-electron chi connectivity index (χ0n) is 13.4. The first kappa shape index (κ1) is 17.6. The van der Waals surface area contributed by atoms with Gasteiger partial charge in [-0.1, -0.05) is 17.7 Å². The van der Waals surface area contributed by atoms with E-state index in [0.29, 0.717) is 22.7 Å². The number of nitro benzene ring substituents is 1. The Balaban J connectivity index is 2.36. The van der Waals surface area contributed by atoms with E-state index in [9.17, 15) is 14.9 Å². The second-order valence-electron chi connectivity index (χ2n) is 5.16. The van der Waals surface area contributed by atoms with Crippen LogP contribution >= 0.6 is 11.6 Å². The van der Waals surface area contributed by atoms with Gasteiger partial charge in [-0.05, 0) is 24.3 Å². The third kappa shape index (κ3) is 3.75. The summed E-state index contributed by atoms with van der Waals surface area (Å²) < 4.78 is 5.08. The minimum absolute atomic E-state index is 0.0866. The number of benzene rings is 2. The Labute approximate surface area is 143 Å². The summed E-state index contributed by atoms with van der Waals surface area (Å²) in [7, 11) is 4.85. The quantitative estimate of drug-likeness (QED) is 0.658. The maximum absolute atomic E-state index is 12.4. The molecule has 0 radical (unpaired) electrons. The number of nitro groups is 1. The normalized spacial score (nSPS) is 10.2.